The molecule has 1 heterocycles. The topological polar surface area (TPSA) is 53.4 Å². The zero-order valence-electron chi connectivity index (χ0n) is 11.9. The van der Waals surface area contributed by atoms with Crippen molar-refractivity contribution in [3.05, 3.63) is 23.4 Å². The molecule has 0 amide bonds. The third kappa shape index (κ3) is 3.25. The normalized spacial score (nSPS) is 14.7. The third-order valence-corrected chi connectivity index (χ3v) is 3.42. The van der Waals surface area contributed by atoms with Crippen molar-refractivity contribution in [2.24, 2.45) is 0 Å². The summed E-state index contributed by atoms with van der Waals surface area (Å²) < 4.78 is 0. The minimum Gasteiger partial charge on any atom is -0.478 e. The first kappa shape index (κ1) is 13.8. The number of nitrogens with zero attached hydrogens (tertiary/aromatic N) is 2. The van der Waals surface area contributed by atoms with Crippen molar-refractivity contribution in [1.82, 2.24) is 4.98 Å². The third-order valence-electron chi connectivity index (χ3n) is 3.42. The fraction of sp³-hybridized carbons (Fsp3) is 0.600. The fourth-order valence-electron chi connectivity index (χ4n) is 2.21. The van der Waals surface area contributed by atoms with Crippen LogP contribution in [0.4, 0.5) is 5.82 Å². The Morgan fingerprint density at radius 3 is 2.63 bits per heavy atom. The lowest BCUT2D eigenvalue weighted by atomic mass is 10.1. The maximum absolute atomic E-state index is 11.2. The molecule has 4 heteroatoms. The number of aromatic carboxylic acids is 1. The van der Waals surface area contributed by atoms with Crippen LogP contribution in [0.2, 0.25) is 0 Å². The van der Waals surface area contributed by atoms with Crippen molar-refractivity contribution in [2.75, 3.05) is 11.4 Å². The molecule has 4 nitrogen and oxygen atoms in total. The molecule has 1 N–H and O–H groups in total. The number of carbonyl (C=O) groups is 1. The Morgan fingerprint density at radius 2 is 2.16 bits per heavy atom. The van der Waals surface area contributed by atoms with Gasteiger partial charge in [0.1, 0.15) is 5.82 Å². The van der Waals surface area contributed by atoms with E-state index in [1.165, 1.54) is 12.8 Å². The predicted molar refractivity (Wildman–Crippen MR) is 75.9 cm³/mol. The lowest BCUT2D eigenvalue weighted by Crippen LogP contribution is -2.28. The van der Waals surface area contributed by atoms with Crippen LogP contribution in [-0.2, 0) is 0 Å². The molecule has 0 aromatic carbocycles. The Bertz CT molecular complexity index is 467. The van der Waals surface area contributed by atoms with Gasteiger partial charge in [0, 0.05) is 18.3 Å². The van der Waals surface area contributed by atoms with Gasteiger partial charge in [-0.3, -0.25) is 0 Å². The van der Waals surface area contributed by atoms with Gasteiger partial charge in [-0.1, -0.05) is 20.8 Å². The van der Waals surface area contributed by atoms with Crippen molar-refractivity contribution >= 4 is 11.8 Å². The van der Waals surface area contributed by atoms with Crippen LogP contribution >= 0.6 is 0 Å². The maximum Gasteiger partial charge on any atom is 0.335 e. The molecule has 1 saturated carbocycles. The molecule has 0 spiro atoms. The van der Waals surface area contributed by atoms with Gasteiger partial charge in [0.2, 0.25) is 0 Å². The highest BCUT2D eigenvalue weighted by Crippen LogP contribution is 2.32. The predicted octanol–water partition coefficient (Wildman–Crippen LogP) is 3.28. The molecule has 0 unspecified atom stereocenters. The second-order valence-electron chi connectivity index (χ2n) is 5.52. The Kier molecular flexibility index (Phi) is 4.08. The van der Waals surface area contributed by atoms with Crippen LogP contribution in [0, 0.1) is 0 Å². The molecule has 1 fully saturated rings. The summed E-state index contributed by atoms with van der Waals surface area (Å²) in [5.41, 5.74) is 1.20. The second-order valence-corrected chi connectivity index (χ2v) is 5.52. The summed E-state index contributed by atoms with van der Waals surface area (Å²) in [4.78, 5) is 18.2. The number of aromatic nitrogens is 1. The van der Waals surface area contributed by atoms with E-state index in [1.807, 2.05) is 13.8 Å². The van der Waals surface area contributed by atoms with Gasteiger partial charge in [-0.05, 0) is 37.3 Å². The van der Waals surface area contributed by atoms with E-state index in [0.29, 0.717) is 11.6 Å². The number of carboxylic acids is 1. The SMILES string of the molecule is CCCN(c1cc(C(=O)O)cc(C(C)C)n1)C1CC1. The molecule has 0 aliphatic heterocycles. The maximum atomic E-state index is 11.2. The zero-order valence-corrected chi connectivity index (χ0v) is 11.9. The molecule has 0 atom stereocenters. The smallest absolute Gasteiger partial charge is 0.335 e. The highest BCUT2D eigenvalue weighted by atomic mass is 16.4. The molecule has 0 radical (unpaired) electrons. The number of pyridine rings is 1. The van der Waals surface area contributed by atoms with Crippen molar-refractivity contribution in [1.29, 1.82) is 0 Å². The van der Waals surface area contributed by atoms with E-state index < -0.39 is 5.97 Å². The van der Waals surface area contributed by atoms with Gasteiger partial charge in [-0.25, -0.2) is 9.78 Å². The van der Waals surface area contributed by atoms with Crippen molar-refractivity contribution < 1.29 is 9.90 Å². The fourth-order valence-corrected chi connectivity index (χ4v) is 2.21. The quantitative estimate of drug-likeness (QED) is 0.854. The first-order valence-electron chi connectivity index (χ1n) is 7.04. The molecule has 1 aliphatic rings. The second kappa shape index (κ2) is 5.59. The molecule has 1 aliphatic carbocycles. The van der Waals surface area contributed by atoms with Crippen LogP contribution in [-0.4, -0.2) is 28.6 Å². The van der Waals surface area contributed by atoms with Crippen LogP contribution in [0.15, 0.2) is 12.1 Å². The summed E-state index contributed by atoms with van der Waals surface area (Å²) in [6.07, 6.45) is 3.43. The van der Waals surface area contributed by atoms with Crippen molar-refractivity contribution in [3.8, 4) is 0 Å². The molecule has 0 bridgehead atoms. The summed E-state index contributed by atoms with van der Waals surface area (Å²) in [6, 6.07) is 3.95. The van der Waals surface area contributed by atoms with Crippen molar-refractivity contribution in [3.63, 3.8) is 0 Å². The van der Waals surface area contributed by atoms with E-state index >= 15 is 0 Å². The molecule has 0 saturated heterocycles. The number of hydrogen-bond donors (Lipinski definition) is 1. The lowest BCUT2D eigenvalue weighted by Gasteiger charge is -2.24. The van der Waals surface area contributed by atoms with Gasteiger partial charge >= 0.3 is 5.97 Å². The van der Waals surface area contributed by atoms with E-state index in [-0.39, 0.29) is 5.92 Å². The average molecular weight is 262 g/mol. The minimum atomic E-state index is -0.877. The molecule has 104 valence electrons. The van der Waals surface area contributed by atoms with Gasteiger partial charge in [0.25, 0.3) is 0 Å². The summed E-state index contributed by atoms with van der Waals surface area (Å²) in [6.45, 7) is 7.16. The highest BCUT2D eigenvalue weighted by Gasteiger charge is 2.30. The van der Waals surface area contributed by atoms with Crippen LogP contribution in [0.3, 0.4) is 0 Å². The average Bonchev–Trinajstić information content (AvgIpc) is 3.19. The highest BCUT2D eigenvalue weighted by molar-refractivity contribution is 5.88. The van der Waals surface area contributed by atoms with E-state index in [4.69, 9.17) is 0 Å². The van der Waals surface area contributed by atoms with E-state index in [2.05, 4.69) is 16.8 Å². The summed E-state index contributed by atoms with van der Waals surface area (Å²) >= 11 is 0. The Labute approximate surface area is 114 Å². The van der Waals surface area contributed by atoms with E-state index in [9.17, 15) is 9.90 Å². The number of hydrogen-bond acceptors (Lipinski definition) is 3. The van der Waals surface area contributed by atoms with Gasteiger partial charge < -0.3 is 10.0 Å². The largest absolute Gasteiger partial charge is 0.478 e. The summed E-state index contributed by atoms with van der Waals surface area (Å²) in [5, 5.41) is 9.24. The first-order chi connectivity index (χ1) is 9.02. The van der Waals surface area contributed by atoms with Gasteiger partial charge in [0.15, 0.2) is 0 Å². The zero-order chi connectivity index (χ0) is 14.0. The Balaban J connectivity index is 2.39. The molecular weight excluding hydrogens is 240 g/mol. The monoisotopic (exact) mass is 262 g/mol. The Hall–Kier alpha value is -1.58. The summed E-state index contributed by atoms with van der Waals surface area (Å²) in [5.74, 6) is 0.187. The standard InChI is InChI=1S/C15H22N2O2/c1-4-7-17(12-5-6-12)14-9-11(15(18)19)8-13(16-14)10(2)3/h8-10,12H,4-7H2,1-3H3,(H,18,19). The molecular formula is C15H22N2O2. The number of anilines is 1. The summed E-state index contributed by atoms with van der Waals surface area (Å²) in [7, 11) is 0. The minimum absolute atomic E-state index is 0.237. The first-order valence-corrected chi connectivity index (χ1v) is 7.04. The molecule has 1 aromatic heterocycles. The van der Waals surface area contributed by atoms with Gasteiger partial charge in [0.05, 0.1) is 5.56 Å². The number of carboxylic acid groups (broad SMARTS) is 1. The van der Waals surface area contributed by atoms with E-state index in [1.54, 1.807) is 12.1 Å². The van der Waals surface area contributed by atoms with Crippen molar-refractivity contribution in [2.45, 2.75) is 52.0 Å². The molecule has 19 heavy (non-hydrogen) atoms. The van der Waals surface area contributed by atoms with Crippen LogP contribution in [0.5, 0.6) is 0 Å². The van der Waals surface area contributed by atoms with Crippen LogP contribution in [0.25, 0.3) is 0 Å². The van der Waals surface area contributed by atoms with Gasteiger partial charge in [-0.2, -0.15) is 0 Å². The Morgan fingerprint density at radius 1 is 1.47 bits per heavy atom. The van der Waals surface area contributed by atoms with Crippen LogP contribution < -0.4 is 4.90 Å². The lowest BCUT2D eigenvalue weighted by molar-refractivity contribution is 0.0696. The van der Waals surface area contributed by atoms with Gasteiger partial charge in [-0.15, -0.1) is 0 Å². The van der Waals surface area contributed by atoms with E-state index in [0.717, 1.165) is 24.5 Å². The molecule has 2 rings (SSSR count). The molecule has 1 aromatic rings. The number of rotatable bonds is 6. The van der Waals surface area contributed by atoms with Crippen LogP contribution in [0.1, 0.15) is 62.0 Å².